The van der Waals surface area contributed by atoms with E-state index in [1.54, 1.807) is 13.1 Å². The fourth-order valence-corrected chi connectivity index (χ4v) is 1.63. The van der Waals surface area contributed by atoms with E-state index in [-0.39, 0.29) is 12.2 Å². The fraction of sp³-hybridized carbons (Fsp3) is 0.143. The molecule has 1 aromatic carbocycles. The van der Waals surface area contributed by atoms with E-state index in [1.807, 2.05) is 0 Å². The van der Waals surface area contributed by atoms with Crippen LogP contribution in [-0.2, 0) is 7.05 Å². The van der Waals surface area contributed by atoms with E-state index in [4.69, 9.17) is 5.11 Å². The number of aliphatic hydroxyl groups is 1. The normalized spacial score (nSPS) is 9.75. The largest absolute Gasteiger partial charge is 0.384 e. The van der Waals surface area contributed by atoms with Crippen molar-refractivity contribution < 1.29 is 14.3 Å². The molecule has 0 saturated heterocycles. The van der Waals surface area contributed by atoms with Crippen LogP contribution in [0.2, 0.25) is 0 Å². The van der Waals surface area contributed by atoms with Gasteiger partial charge in [0, 0.05) is 18.7 Å². The molecule has 0 aliphatic carbocycles. The van der Waals surface area contributed by atoms with E-state index in [1.165, 1.54) is 23.0 Å². The quantitative estimate of drug-likeness (QED) is 0.807. The summed E-state index contributed by atoms with van der Waals surface area (Å²) >= 11 is 0. The lowest BCUT2D eigenvalue weighted by molar-refractivity contribution is 0.102. The van der Waals surface area contributed by atoms with Crippen LogP contribution in [0.5, 0.6) is 0 Å². The van der Waals surface area contributed by atoms with Crippen molar-refractivity contribution in [2.45, 2.75) is 0 Å². The maximum Gasteiger partial charge on any atom is 0.258 e. The van der Waals surface area contributed by atoms with Gasteiger partial charge in [-0.15, -0.1) is 0 Å². The molecule has 2 rings (SSSR count). The number of amides is 1. The third-order valence-corrected chi connectivity index (χ3v) is 2.59. The molecular weight excluding hydrogens is 261 g/mol. The predicted octanol–water partition coefficient (Wildman–Crippen LogP) is 1.16. The van der Waals surface area contributed by atoms with Crippen LogP contribution in [0, 0.1) is 17.7 Å². The summed E-state index contributed by atoms with van der Waals surface area (Å²) in [7, 11) is 1.67. The van der Waals surface area contributed by atoms with E-state index in [0.717, 1.165) is 6.07 Å². The molecule has 0 aliphatic heterocycles. The van der Waals surface area contributed by atoms with Crippen LogP contribution < -0.4 is 5.32 Å². The number of benzene rings is 1. The molecule has 6 heteroatoms. The Morgan fingerprint density at radius 1 is 1.50 bits per heavy atom. The summed E-state index contributed by atoms with van der Waals surface area (Å²) in [5, 5.41) is 15.2. The molecule has 1 aromatic heterocycles. The second kappa shape index (κ2) is 5.99. The summed E-state index contributed by atoms with van der Waals surface area (Å²) in [6, 6.07) is 5.34. The molecule has 0 spiro atoms. The van der Waals surface area contributed by atoms with Crippen LogP contribution in [0.3, 0.4) is 0 Å². The van der Waals surface area contributed by atoms with E-state index in [2.05, 4.69) is 22.3 Å². The first-order chi connectivity index (χ1) is 9.61. The third kappa shape index (κ3) is 3.02. The van der Waals surface area contributed by atoms with Crippen molar-refractivity contribution in [2.24, 2.45) is 7.05 Å². The Labute approximate surface area is 115 Å². The highest BCUT2D eigenvalue weighted by Gasteiger charge is 2.13. The number of carbonyl (C=O) groups is 1. The number of carbonyl (C=O) groups excluding carboxylic acids is 1. The number of aromatic nitrogens is 2. The van der Waals surface area contributed by atoms with Gasteiger partial charge in [0.15, 0.2) is 0 Å². The molecule has 0 bridgehead atoms. The number of hydrogen-bond donors (Lipinski definition) is 2. The van der Waals surface area contributed by atoms with Gasteiger partial charge in [-0.1, -0.05) is 11.8 Å². The van der Waals surface area contributed by atoms with Crippen LogP contribution in [-0.4, -0.2) is 27.4 Å². The highest BCUT2D eigenvalue weighted by Crippen LogP contribution is 2.13. The summed E-state index contributed by atoms with van der Waals surface area (Å²) < 4.78 is 14.8. The standard InChI is InChI=1S/C14H12FN3O2/c1-18-13(6-7-16-18)17-14(20)12-9-11(15)5-4-10(12)3-2-8-19/h4-7,9,19H,8H2,1H3,(H,17,20). The third-order valence-electron chi connectivity index (χ3n) is 2.59. The zero-order valence-corrected chi connectivity index (χ0v) is 10.7. The first-order valence-corrected chi connectivity index (χ1v) is 5.80. The van der Waals surface area contributed by atoms with Gasteiger partial charge >= 0.3 is 0 Å². The van der Waals surface area contributed by atoms with E-state index in [0.29, 0.717) is 11.4 Å². The zero-order chi connectivity index (χ0) is 14.5. The molecule has 0 unspecified atom stereocenters. The number of rotatable bonds is 2. The van der Waals surface area contributed by atoms with Crippen molar-refractivity contribution >= 4 is 11.7 Å². The molecule has 102 valence electrons. The van der Waals surface area contributed by atoms with E-state index >= 15 is 0 Å². The zero-order valence-electron chi connectivity index (χ0n) is 10.7. The van der Waals surface area contributed by atoms with Gasteiger partial charge in [0.05, 0.1) is 11.8 Å². The molecule has 20 heavy (non-hydrogen) atoms. The minimum Gasteiger partial charge on any atom is -0.384 e. The molecule has 0 atom stereocenters. The molecular formula is C14H12FN3O2. The minimum absolute atomic E-state index is 0.104. The summed E-state index contributed by atoms with van der Waals surface area (Å²) in [6.45, 7) is -0.333. The van der Waals surface area contributed by atoms with E-state index < -0.39 is 11.7 Å². The number of nitrogens with one attached hydrogen (secondary N) is 1. The second-order valence-corrected chi connectivity index (χ2v) is 3.94. The van der Waals surface area contributed by atoms with Gasteiger partial charge in [-0.3, -0.25) is 9.48 Å². The average molecular weight is 273 g/mol. The van der Waals surface area contributed by atoms with Crippen LogP contribution >= 0.6 is 0 Å². The van der Waals surface area contributed by atoms with Gasteiger partial charge in [0.1, 0.15) is 18.2 Å². The SMILES string of the molecule is Cn1nccc1NC(=O)c1cc(F)ccc1C#CCO. The summed E-state index contributed by atoms with van der Waals surface area (Å²) in [6.07, 6.45) is 1.54. The molecule has 0 aliphatic rings. The summed E-state index contributed by atoms with van der Waals surface area (Å²) in [5.74, 6) is 4.51. The Balaban J connectivity index is 2.33. The second-order valence-electron chi connectivity index (χ2n) is 3.94. The van der Waals surface area contributed by atoms with Crippen molar-refractivity contribution in [1.29, 1.82) is 0 Å². The number of hydrogen-bond acceptors (Lipinski definition) is 3. The number of aryl methyl sites for hydroxylation is 1. The molecule has 0 saturated carbocycles. The highest BCUT2D eigenvalue weighted by molar-refractivity contribution is 6.05. The number of halogens is 1. The van der Waals surface area contributed by atoms with Crippen LogP contribution in [0.1, 0.15) is 15.9 Å². The Morgan fingerprint density at radius 2 is 2.30 bits per heavy atom. The maximum atomic E-state index is 13.3. The van der Waals surface area contributed by atoms with Gasteiger partial charge in [-0.25, -0.2) is 4.39 Å². The average Bonchev–Trinajstić information content (AvgIpc) is 2.83. The summed E-state index contributed by atoms with van der Waals surface area (Å²) in [5.41, 5.74) is 0.451. The molecule has 0 fully saturated rings. The van der Waals surface area contributed by atoms with Gasteiger partial charge in [0.25, 0.3) is 5.91 Å². The molecule has 1 heterocycles. The monoisotopic (exact) mass is 273 g/mol. The Morgan fingerprint density at radius 3 is 2.95 bits per heavy atom. The molecule has 0 radical (unpaired) electrons. The van der Waals surface area contributed by atoms with Crippen LogP contribution in [0.4, 0.5) is 10.2 Å². The van der Waals surface area contributed by atoms with Gasteiger partial charge < -0.3 is 10.4 Å². The fourth-order valence-electron chi connectivity index (χ4n) is 1.63. The Hall–Kier alpha value is -2.65. The highest BCUT2D eigenvalue weighted by atomic mass is 19.1. The summed E-state index contributed by atoms with van der Waals surface area (Å²) in [4.78, 5) is 12.2. The lowest BCUT2D eigenvalue weighted by Gasteiger charge is -2.07. The molecule has 2 N–H and O–H groups in total. The van der Waals surface area contributed by atoms with Crippen LogP contribution in [0.15, 0.2) is 30.5 Å². The number of anilines is 1. The predicted molar refractivity (Wildman–Crippen MR) is 71.5 cm³/mol. The molecule has 1 amide bonds. The van der Waals surface area contributed by atoms with E-state index in [9.17, 15) is 9.18 Å². The van der Waals surface area contributed by atoms with Gasteiger partial charge in [-0.05, 0) is 18.2 Å². The lowest BCUT2D eigenvalue weighted by Crippen LogP contribution is -2.16. The Bertz CT molecular complexity index is 698. The molecule has 5 nitrogen and oxygen atoms in total. The topological polar surface area (TPSA) is 67.2 Å². The van der Waals surface area contributed by atoms with Gasteiger partial charge in [0.2, 0.25) is 0 Å². The van der Waals surface area contributed by atoms with Crippen molar-refractivity contribution in [2.75, 3.05) is 11.9 Å². The number of nitrogens with zero attached hydrogens (tertiary/aromatic N) is 2. The van der Waals surface area contributed by atoms with Crippen LogP contribution in [0.25, 0.3) is 0 Å². The van der Waals surface area contributed by atoms with Crippen molar-refractivity contribution in [1.82, 2.24) is 9.78 Å². The van der Waals surface area contributed by atoms with Crippen molar-refractivity contribution in [3.05, 3.63) is 47.4 Å². The minimum atomic E-state index is -0.533. The maximum absolute atomic E-state index is 13.3. The Kier molecular flexibility index (Phi) is 4.13. The first kappa shape index (κ1) is 13.8. The van der Waals surface area contributed by atoms with Crippen molar-refractivity contribution in [3.63, 3.8) is 0 Å². The number of aliphatic hydroxyl groups excluding tert-OH is 1. The lowest BCUT2D eigenvalue weighted by atomic mass is 10.1. The van der Waals surface area contributed by atoms with Crippen molar-refractivity contribution in [3.8, 4) is 11.8 Å². The first-order valence-electron chi connectivity index (χ1n) is 5.80. The van der Waals surface area contributed by atoms with Gasteiger partial charge in [-0.2, -0.15) is 5.10 Å². The smallest absolute Gasteiger partial charge is 0.258 e. The molecule has 2 aromatic rings.